The molecule has 2 N–H and O–H groups in total. The van der Waals surface area contributed by atoms with Crippen molar-refractivity contribution in [2.45, 2.75) is 51.4 Å². The van der Waals surface area contributed by atoms with E-state index in [-0.39, 0.29) is 29.4 Å². The highest BCUT2D eigenvalue weighted by Gasteiger charge is 2.45. The predicted molar refractivity (Wildman–Crippen MR) is 113 cm³/mol. The summed E-state index contributed by atoms with van der Waals surface area (Å²) >= 11 is 6.26. The molecule has 3 aliphatic rings. The number of hydrogen-bond acceptors (Lipinski definition) is 6. The predicted octanol–water partition coefficient (Wildman–Crippen LogP) is 2.93. The first-order chi connectivity index (χ1) is 14.8. The number of phenolic OH excluding ortho intramolecular Hbond substituents is 1. The van der Waals surface area contributed by atoms with Crippen LogP contribution in [0.4, 0.5) is 0 Å². The van der Waals surface area contributed by atoms with E-state index >= 15 is 0 Å². The van der Waals surface area contributed by atoms with Crippen molar-refractivity contribution in [1.82, 2.24) is 9.55 Å². The Balaban J connectivity index is 1.68. The molecule has 0 radical (unpaired) electrons. The van der Waals surface area contributed by atoms with Crippen LogP contribution in [-0.2, 0) is 41.1 Å². The van der Waals surface area contributed by atoms with Crippen LogP contribution < -0.4 is 5.56 Å². The minimum absolute atomic E-state index is 0.100. The number of aryl methyl sites for hydroxylation is 2. The summed E-state index contributed by atoms with van der Waals surface area (Å²) < 4.78 is 6.76. The Morgan fingerprint density at radius 2 is 1.97 bits per heavy atom. The van der Waals surface area contributed by atoms with Gasteiger partial charge in [0.15, 0.2) is 5.60 Å². The molecule has 2 aromatic heterocycles. The lowest BCUT2D eigenvalue weighted by Crippen LogP contribution is -2.44. The molecule has 31 heavy (non-hydrogen) atoms. The maximum atomic E-state index is 13.3. The Hall–Kier alpha value is -2.90. The molecule has 158 valence electrons. The molecule has 0 fully saturated rings. The number of benzene rings is 1. The standard InChI is InChI=1S/C23H19ClN2O5/c1-2-23(30)14-6-17-19-12(8-26(17)21(28)13(14)9-31-22(23)29)10-4-3-5-11-18(10)16(25-19)7-15(24)20(11)27/h6-7,27,30H,2-5,8-9H2,1H3/t23-/m0/s1. The Labute approximate surface area is 181 Å². The zero-order valence-corrected chi connectivity index (χ0v) is 17.5. The smallest absolute Gasteiger partial charge is 0.343 e. The average molecular weight is 439 g/mol. The fraction of sp³-hybridized carbons (Fsp3) is 0.348. The third-order valence-corrected chi connectivity index (χ3v) is 7.26. The monoisotopic (exact) mass is 438 g/mol. The number of cyclic esters (lactones) is 1. The van der Waals surface area contributed by atoms with Crippen LogP contribution in [-0.4, -0.2) is 25.7 Å². The first-order valence-corrected chi connectivity index (χ1v) is 10.8. The molecule has 1 atom stereocenters. The number of nitrogens with zero attached hydrogens (tertiary/aromatic N) is 2. The van der Waals surface area contributed by atoms with Crippen molar-refractivity contribution >= 4 is 28.5 Å². The summed E-state index contributed by atoms with van der Waals surface area (Å²) in [5.74, 6) is -0.637. The maximum Gasteiger partial charge on any atom is 0.343 e. The lowest BCUT2D eigenvalue weighted by Gasteiger charge is -2.31. The van der Waals surface area contributed by atoms with Crippen molar-refractivity contribution < 1.29 is 19.7 Å². The van der Waals surface area contributed by atoms with E-state index in [0.717, 1.165) is 41.3 Å². The minimum Gasteiger partial charge on any atom is -0.506 e. The number of aliphatic hydroxyl groups is 1. The van der Waals surface area contributed by atoms with Crippen LogP contribution in [0.25, 0.3) is 22.3 Å². The molecule has 0 amide bonds. The fourth-order valence-electron chi connectivity index (χ4n) is 5.34. The second kappa shape index (κ2) is 6.08. The van der Waals surface area contributed by atoms with Gasteiger partial charge >= 0.3 is 5.97 Å². The number of aromatic nitrogens is 2. The van der Waals surface area contributed by atoms with E-state index in [1.54, 1.807) is 23.6 Å². The highest BCUT2D eigenvalue weighted by molar-refractivity contribution is 6.33. The van der Waals surface area contributed by atoms with Gasteiger partial charge in [-0.3, -0.25) is 4.79 Å². The molecule has 0 saturated carbocycles. The number of phenols is 1. The summed E-state index contributed by atoms with van der Waals surface area (Å²) in [6.07, 6.45) is 2.51. The number of hydrogen-bond donors (Lipinski definition) is 2. The van der Waals surface area contributed by atoms with E-state index in [9.17, 15) is 19.8 Å². The Bertz CT molecular complexity index is 1410. The summed E-state index contributed by atoms with van der Waals surface area (Å²) in [5.41, 5.74) is 3.22. The van der Waals surface area contributed by atoms with Gasteiger partial charge in [0, 0.05) is 22.1 Å². The normalized spacial score (nSPS) is 20.9. The van der Waals surface area contributed by atoms with Gasteiger partial charge in [0.05, 0.1) is 34.0 Å². The number of ether oxygens (including phenoxy) is 1. The van der Waals surface area contributed by atoms with Crippen LogP contribution in [0.1, 0.15) is 47.6 Å². The highest BCUT2D eigenvalue weighted by Crippen LogP contribution is 2.45. The number of esters is 1. The Morgan fingerprint density at radius 1 is 1.19 bits per heavy atom. The van der Waals surface area contributed by atoms with Crippen molar-refractivity contribution in [2.24, 2.45) is 0 Å². The first kappa shape index (κ1) is 18.8. The molecule has 0 unspecified atom stereocenters. The molecule has 6 rings (SSSR count). The lowest BCUT2D eigenvalue weighted by molar-refractivity contribution is -0.172. The van der Waals surface area contributed by atoms with Crippen LogP contribution in [0.3, 0.4) is 0 Å². The van der Waals surface area contributed by atoms with E-state index in [0.29, 0.717) is 34.6 Å². The summed E-state index contributed by atoms with van der Waals surface area (Å²) in [5, 5.41) is 22.7. The molecule has 4 heterocycles. The van der Waals surface area contributed by atoms with Crippen molar-refractivity contribution in [3.63, 3.8) is 0 Å². The van der Waals surface area contributed by atoms with Crippen molar-refractivity contribution in [3.05, 3.63) is 55.3 Å². The Morgan fingerprint density at radius 3 is 2.74 bits per heavy atom. The van der Waals surface area contributed by atoms with Crippen LogP contribution >= 0.6 is 11.6 Å². The van der Waals surface area contributed by atoms with Crippen LogP contribution in [0.15, 0.2) is 16.9 Å². The Kier molecular flexibility index (Phi) is 3.69. The van der Waals surface area contributed by atoms with Crippen LogP contribution in [0.5, 0.6) is 5.75 Å². The third kappa shape index (κ3) is 2.25. The molecular weight excluding hydrogens is 420 g/mol. The molecule has 0 saturated heterocycles. The van der Waals surface area contributed by atoms with Gasteiger partial charge in [-0.25, -0.2) is 9.78 Å². The number of aromatic hydroxyl groups is 1. The number of pyridine rings is 2. The van der Waals surface area contributed by atoms with E-state index in [1.165, 1.54) is 0 Å². The molecule has 7 nitrogen and oxygen atoms in total. The number of carbonyl (C=O) groups excluding carboxylic acids is 1. The first-order valence-electron chi connectivity index (χ1n) is 10.4. The van der Waals surface area contributed by atoms with E-state index in [1.807, 2.05) is 0 Å². The number of rotatable bonds is 1. The van der Waals surface area contributed by atoms with Gasteiger partial charge in [-0.2, -0.15) is 0 Å². The van der Waals surface area contributed by atoms with Gasteiger partial charge in [-0.1, -0.05) is 18.5 Å². The molecular formula is C23H19ClN2O5. The molecule has 2 aliphatic heterocycles. The van der Waals surface area contributed by atoms with Gasteiger partial charge in [-0.15, -0.1) is 0 Å². The van der Waals surface area contributed by atoms with Gasteiger partial charge in [0.25, 0.3) is 5.56 Å². The van der Waals surface area contributed by atoms with Gasteiger partial charge in [-0.05, 0) is 43.4 Å². The molecule has 3 aromatic rings. The highest BCUT2D eigenvalue weighted by atomic mass is 35.5. The summed E-state index contributed by atoms with van der Waals surface area (Å²) in [4.78, 5) is 30.5. The third-order valence-electron chi connectivity index (χ3n) is 6.97. The van der Waals surface area contributed by atoms with Crippen LogP contribution in [0, 0.1) is 0 Å². The van der Waals surface area contributed by atoms with Gasteiger partial charge in [0.1, 0.15) is 12.4 Å². The van der Waals surface area contributed by atoms with E-state index < -0.39 is 11.6 Å². The van der Waals surface area contributed by atoms with Crippen LogP contribution in [0.2, 0.25) is 5.02 Å². The van der Waals surface area contributed by atoms with Crippen molar-refractivity contribution in [2.75, 3.05) is 0 Å². The fourth-order valence-corrected chi connectivity index (χ4v) is 5.56. The lowest BCUT2D eigenvalue weighted by atomic mass is 9.85. The summed E-state index contributed by atoms with van der Waals surface area (Å²) in [6.45, 7) is 1.89. The SMILES string of the molecule is CC[C@@]1(O)C(=O)OCc2c1cc1n(c2=O)Cc2c-1nc1cc(Cl)c(O)c3c1c2CCC3. The number of fused-ring (bicyclic) bond motifs is 5. The minimum atomic E-state index is -1.85. The zero-order chi connectivity index (χ0) is 21.7. The van der Waals surface area contributed by atoms with Crippen molar-refractivity contribution in [1.29, 1.82) is 0 Å². The van der Waals surface area contributed by atoms with Gasteiger partial charge < -0.3 is 19.5 Å². The quantitative estimate of drug-likeness (QED) is 0.443. The second-order valence-corrected chi connectivity index (χ2v) is 8.86. The topological polar surface area (TPSA) is 102 Å². The van der Waals surface area contributed by atoms with E-state index in [4.69, 9.17) is 21.3 Å². The second-order valence-electron chi connectivity index (χ2n) is 8.45. The zero-order valence-electron chi connectivity index (χ0n) is 16.8. The molecule has 1 aromatic carbocycles. The van der Waals surface area contributed by atoms with E-state index in [2.05, 4.69) is 0 Å². The van der Waals surface area contributed by atoms with Gasteiger partial charge in [0.2, 0.25) is 0 Å². The maximum absolute atomic E-state index is 13.3. The average Bonchev–Trinajstić information content (AvgIpc) is 3.14. The number of carbonyl (C=O) groups is 1. The largest absolute Gasteiger partial charge is 0.506 e. The molecule has 0 bridgehead atoms. The molecule has 8 heteroatoms. The molecule has 1 aliphatic carbocycles. The summed E-state index contributed by atoms with van der Waals surface area (Å²) in [7, 11) is 0. The number of halogens is 1. The summed E-state index contributed by atoms with van der Waals surface area (Å²) in [6, 6.07) is 3.37. The van der Waals surface area contributed by atoms with Crippen molar-refractivity contribution in [3.8, 4) is 17.1 Å². The molecule has 0 spiro atoms.